The zero-order valence-electron chi connectivity index (χ0n) is 12.0. The molecule has 2 heteroatoms. The van der Waals surface area contributed by atoms with Crippen molar-refractivity contribution in [2.75, 3.05) is 0 Å². The Bertz CT molecular complexity index is 472. The summed E-state index contributed by atoms with van der Waals surface area (Å²) >= 11 is 0. The first kappa shape index (κ1) is 14.5. The lowest BCUT2D eigenvalue weighted by Crippen LogP contribution is -2.17. The third-order valence-electron chi connectivity index (χ3n) is 3.37. The smallest absolute Gasteiger partial charge is 0.338 e. The quantitative estimate of drug-likeness (QED) is 0.592. The number of esters is 1. The number of hydrogen-bond donors (Lipinski definition) is 0. The van der Waals surface area contributed by atoms with Crippen LogP contribution in [-0.2, 0) is 4.74 Å². The monoisotopic (exact) mass is 246 g/mol. The molecule has 98 valence electrons. The van der Waals surface area contributed by atoms with E-state index >= 15 is 0 Å². The predicted octanol–water partition coefficient (Wildman–Crippen LogP) is 4.04. The first-order valence-electron chi connectivity index (χ1n) is 6.27. The molecule has 0 bridgehead atoms. The predicted molar refractivity (Wildman–Crippen MR) is 75.1 cm³/mol. The van der Waals surface area contributed by atoms with Gasteiger partial charge in [0.05, 0.1) is 5.56 Å². The van der Waals surface area contributed by atoms with E-state index in [1.54, 1.807) is 6.08 Å². The molecule has 0 saturated heterocycles. The van der Waals surface area contributed by atoms with Gasteiger partial charge in [-0.05, 0) is 56.9 Å². The first-order chi connectivity index (χ1) is 8.38. The highest BCUT2D eigenvalue weighted by Gasteiger charge is 2.18. The van der Waals surface area contributed by atoms with E-state index in [2.05, 4.69) is 13.5 Å². The molecule has 0 unspecified atom stereocenters. The molecule has 1 aromatic carbocycles. The van der Waals surface area contributed by atoms with Crippen LogP contribution in [0.3, 0.4) is 0 Å². The molecule has 0 spiro atoms. The Labute approximate surface area is 110 Å². The summed E-state index contributed by atoms with van der Waals surface area (Å²) in [6, 6.07) is 2.04. The lowest BCUT2D eigenvalue weighted by molar-refractivity contribution is 0.0346. The molecule has 0 fully saturated rings. The van der Waals surface area contributed by atoms with Crippen LogP contribution in [0.2, 0.25) is 0 Å². The molecule has 1 rings (SSSR count). The van der Waals surface area contributed by atoms with Gasteiger partial charge in [0.15, 0.2) is 0 Å². The van der Waals surface area contributed by atoms with Crippen molar-refractivity contribution in [3.05, 3.63) is 46.5 Å². The van der Waals surface area contributed by atoms with Crippen LogP contribution < -0.4 is 0 Å². The molecule has 2 nitrogen and oxygen atoms in total. The molecule has 0 heterocycles. The maximum Gasteiger partial charge on any atom is 0.338 e. The molecule has 0 radical (unpaired) electrons. The molecule has 0 aliphatic carbocycles. The maximum atomic E-state index is 12.2. The Kier molecular flexibility index (Phi) is 4.71. The highest BCUT2D eigenvalue weighted by molar-refractivity contribution is 5.93. The van der Waals surface area contributed by atoms with Gasteiger partial charge in [-0.25, -0.2) is 4.79 Å². The maximum absolute atomic E-state index is 12.2. The van der Waals surface area contributed by atoms with Crippen molar-refractivity contribution < 1.29 is 9.53 Å². The Balaban J connectivity index is 3.06. The summed E-state index contributed by atoms with van der Waals surface area (Å²) < 4.78 is 5.42. The van der Waals surface area contributed by atoms with E-state index in [0.29, 0.717) is 12.0 Å². The zero-order valence-corrected chi connectivity index (χ0v) is 12.0. The van der Waals surface area contributed by atoms with E-state index < -0.39 is 0 Å². The van der Waals surface area contributed by atoms with E-state index in [-0.39, 0.29) is 12.1 Å². The van der Waals surface area contributed by atoms with Gasteiger partial charge in [-0.1, -0.05) is 12.1 Å². The Hall–Kier alpha value is -1.57. The fourth-order valence-corrected chi connectivity index (χ4v) is 2.12. The molecular weight excluding hydrogens is 224 g/mol. The average Bonchev–Trinajstić information content (AvgIpc) is 2.26. The van der Waals surface area contributed by atoms with Gasteiger partial charge in [0.25, 0.3) is 0 Å². The summed E-state index contributed by atoms with van der Waals surface area (Å²) in [5, 5.41) is 0. The highest BCUT2D eigenvalue weighted by Crippen LogP contribution is 2.22. The number of carbonyl (C=O) groups is 1. The van der Waals surface area contributed by atoms with Crippen molar-refractivity contribution in [3.8, 4) is 0 Å². The topological polar surface area (TPSA) is 26.3 Å². The fraction of sp³-hybridized carbons (Fsp3) is 0.438. The van der Waals surface area contributed by atoms with E-state index in [4.69, 9.17) is 4.74 Å². The third kappa shape index (κ3) is 3.00. The Morgan fingerprint density at radius 3 is 2.44 bits per heavy atom. The van der Waals surface area contributed by atoms with Crippen LogP contribution in [0.4, 0.5) is 0 Å². The zero-order chi connectivity index (χ0) is 13.9. The molecule has 0 amide bonds. The van der Waals surface area contributed by atoms with Crippen LogP contribution in [0.5, 0.6) is 0 Å². The molecule has 0 saturated carbocycles. The molecule has 0 aliphatic heterocycles. The molecule has 0 N–H and O–H groups in total. The number of aryl methyl sites for hydroxylation is 2. The van der Waals surface area contributed by atoms with Crippen LogP contribution in [0.1, 0.15) is 46.0 Å². The SMILES string of the molecule is C=CC[C@@H](C)OC(=O)c1c(C)cc(C)c(C)c1C. The molecule has 1 aromatic rings. The Morgan fingerprint density at radius 1 is 1.28 bits per heavy atom. The van der Waals surface area contributed by atoms with Gasteiger partial charge in [0.2, 0.25) is 0 Å². The Morgan fingerprint density at radius 2 is 1.89 bits per heavy atom. The van der Waals surface area contributed by atoms with Gasteiger partial charge in [0, 0.05) is 6.42 Å². The number of rotatable bonds is 4. The highest BCUT2D eigenvalue weighted by atomic mass is 16.5. The fourth-order valence-electron chi connectivity index (χ4n) is 2.12. The van der Waals surface area contributed by atoms with E-state index in [1.807, 2.05) is 33.8 Å². The van der Waals surface area contributed by atoms with Crippen LogP contribution in [0.25, 0.3) is 0 Å². The van der Waals surface area contributed by atoms with E-state index in [0.717, 1.165) is 16.7 Å². The van der Waals surface area contributed by atoms with Gasteiger partial charge in [-0.15, -0.1) is 6.58 Å². The molecular formula is C16H22O2. The lowest BCUT2D eigenvalue weighted by Gasteiger charge is -2.16. The summed E-state index contributed by atoms with van der Waals surface area (Å²) in [5.41, 5.74) is 5.06. The minimum Gasteiger partial charge on any atom is -0.459 e. The van der Waals surface area contributed by atoms with Crippen LogP contribution >= 0.6 is 0 Å². The summed E-state index contributed by atoms with van der Waals surface area (Å²) in [6.07, 6.45) is 2.31. The minimum absolute atomic E-state index is 0.129. The van der Waals surface area contributed by atoms with Crippen molar-refractivity contribution in [1.29, 1.82) is 0 Å². The van der Waals surface area contributed by atoms with Gasteiger partial charge in [0.1, 0.15) is 6.10 Å². The minimum atomic E-state index is -0.234. The molecule has 0 aromatic heterocycles. The number of benzene rings is 1. The second-order valence-electron chi connectivity index (χ2n) is 4.88. The van der Waals surface area contributed by atoms with Crippen molar-refractivity contribution in [2.45, 2.75) is 47.1 Å². The van der Waals surface area contributed by atoms with Crippen LogP contribution in [-0.4, -0.2) is 12.1 Å². The van der Waals surface area contributed by atoms with Crippen molar-refractivity contribution >= 4 is 5.97 Å². The summed E-state index contributed by atoms with van der Waals surface area (Å²) in [4.78, 5) is 12.2. The molecule has 18 heavy (non-hydrogen) atoms. The first-order valence-corrected chi connectivity index (χ1v) is 6.27. The van der Waals surface area contributed by atoms with Crippen molar-refractivity contribution in [3.63, 3.8) is 0 Å². The standard InChI is InChI=1S/C16H22O2/c1-7-8-12(4)18-16(17)15-11(3)9-10(2)13(5)14(15)6/h7,9,12H,1,8H2,2-6H3/t12-/m1/s1. The normalized spacial score (nSPS) is 12.1. The van der Waals surface area contributed by atoms with Crippen molar-refractivity contribution in [2.24, 2.45) is 0 Å². The van der Waals surface area contributed by atoms with Gasteiger partial charge < -0.3 is 4.74 Å². The van der Waals surface area contributed by atoms with Gasteiger partial charge in [-0.3, -0.25) is 0 Å². The number of carbonyl (C=O) groups excluding carboxylic acids is 1. The molecule has 0 aliphatic rings. The summed E-state index contributed by atoms with van der Waals surface area (Å²) in [6.45, 7) is 13.6. The third-order valence-corrected chi connectivity index (χ3v) is 3.37. The number of ether oxygens (including phenoxy) is 1. The lowest BCUT2D eigenvalue weighted by atomic mass is 9.94. The number of hydrogen-bond acceptors (Lipinski definition) is 2. The van der Waals surface area contributed by atoms with E-state index in [1.165, 1.54) is 5.56 Å². The second kappa shape index (κ2) is 5.85. The van der Waals surface area contributed by atoms with Gasteiger partial charge >= 0.3 is 5.97 Å². The largest absolute Gasteiger partial charge is 0.459 e. The van der Waals surface area contributed by atoms with Crippen LogP contribution in [0, 0.1) is 27.7 Å². The average molecular weight is 246 g/mol. The van der Waals surface area contributed by atoms with Crippen molar-refractivity contribution in [1.82, 2.24) is 0 Å². The van der Waals surface area contributed by atoms with E-state index in [9.17, 15) is 4.79 Å². The summed E-state index contributed by atoms with van der Waals surface area (Å²) in [7, 11) is 0. The summed E-state index contributed by atoms with van der Waals surface area (Å²) in [5.74, 6) is -0.234. The van der Waals surface area contributed by atoms with Gasteiger partial charge in [-0.2, -0.15) is 0 Å². The molecule has 1 atom stereocenters. The van der Waals surface area contributed by atoms with Crippen LogP contribution in [0.15, 0.2) is 18.7 Å². The second-order valence-corrected chi connectivity index (χ2v) is 4.88.